The van der Waals surface area contributed by atoms with Gasteiger partial charge in [-0.2, -0.15) is 0 Å². The van der Waals surface area contributed by atoms with E-state index < -0.39 is 5.91 Å². The van der Waals surface area contributed by atoms with Crippen molar-refractivity contribution in [3.63, 3.8) is 0 Å². The molecular formula is C16H24N4O3. The molecule has 1 aromatic carbocycles. The molecule has 0 bridgehead atoms. The first kappa shape index (κ1) is 18.6. The Labute approximate surface area is 136 Å². The van der Waals surface area contributed by atoms with Crippen LogP contribution in [0.2, 0.25) is 0 Å². The van der Waals surface area contributed by atoms with Crippen molar-refractivity contribution in [2.45, 2.75) is 26.8 Å². The highest BCUT2D eigenvalue weighted by molar-refractivity contribution is 5.95. The van der Waals surface area contributed by atoms with Gasteiger partial charge in [0.05, 0.1) is 13.1 Å². The number of rotatable bonds is 8. The number of nitrogens with one attached hydrogen (secondary N) is 2. The Balaban J connectivity index is 2.53. The Morgan fingerprint density at radius 3 is 2.13 bits per heavy atom. The van der Waals surface area contributed by atoms with E-state index in [0.717, 1.165) is 0 Å². The van der Waals surface area contributed by atoms with Gasteiger partial charge in [-0.15, -0.1) is 0 Å². The fraction of sp³-hybridized carbons (Fsp3) is 0.438. The van der Waals surface area contributed by atoms with Gasteiger partial charge in [0.2, 0.25) is 17.7 Å². The van der Waals surface area contributed by atoms with Crippen molar-refractivity contribution in [3.8, 4) is 0 Å². The molecule has 0 spiro atoms. The largest absolute Gasteiger partial charge is 0.366 e. The van der Waals surface area contributed by atoms with E-state index in [9.17, 15) is 14.4 Å². The first-order valence-corrected chi connectivity index (χ1v) is 7.53. The predicted molar refractivity (Wildman–Crippen MR) is 89.0 cm³/mol. The number of anilines is 1. The molecule has 126 valence electrons. The van der Waals surface area contributed by atoms with Crippen LogP contribution in [0.3, 0.4) is 0 Å². The second kappa shape index (κ2) is 8.89. The summed E-state index contributed by atoms with van der Waals surface area (Å²) in [7, 11) is 0. The monoisotopic (exact) mass is 320 g/mol. The molecule has 4 N–H and O–H groups in total. The van der Waals surface area contributed by atoms with Gasteiger partial charge in [0.25, 0.3) is 0 Å². The predicted octanol–water partition coefficient (Wildman–Crippen LogP) is 0.571. The van der Waals surface area contributed by atoms with Crippen molar-refractivity contribution in [1.29, 1.82) is 0 Å². The fourth-order valence-electron chi connectivity index (χ4n) is 1.97. The number of amides is 3. The third-order valence-electron chi connectivity index (χ3n) is 3.08. The lowest BCUT2D eigenvalue weighted by atomic mass is 10.2. The molecule has 0 aliphatic carbocycles. The van der Waals surface area contributed by atoms with Crippen LogP contribution in [-0.2, 0) is 9.59 Å². The highest BCUT2D eigenvalue weighted by Crippen LogP contribution is 2.09. The number of primary amides is 1. The number of carbonyl (C=O) groups excluding carboxylic acids is 3. The van der Waals surface area contributed by atoms with Gasteiger partial charge in [-0.25, -0.2) is 0 Å². The lowest BCUT2D eigenvalue weighted by molar-refractivity contribution is -0.123. The zero-order valence-corrected chi connectivity index (χ0v) is 13.8. The lowest BCUT2D eigenvalue weighted by Gasteiger charge is -2.20. The van der Waals surface area contributed by atoms with Gasteiger partial charge in [-0.3, -0.25) is 19.3 Å². The van der Waals surface area contributed by atoms with E-state index in [0.29, 0.717) is 17.8 Å². The Morgan fingerprint density at radius 2 is 1.65 bits per heavy atom. The summed E-state index contributed by atoms with van der Waals surface area (Å²) < 4.78 is 0. The van der Waals surface area contributed by atoms with Crippen LogP contribution in [0, 0.1) is 0 Å². The van der Waals surface area contributed by atoms with Crippen molar-refractivity contribution in [3.05, 3.63) is 29.8 Å². The van der Waals surface area contributed by atoms with Crippen LogP contribution in [0.4, 0.5) is 5.69 Å². The van der Waals surface area contributed by atoms with E-state index in [-0.39, 0.29) is 30.9 Å². The number of benzene rings is 1. The molecule has 1 aromatic rings. The summed E-state index contributed by atoms with van der Waals surface area (Å²) in [6.45, 7) is 6.52. The summed E-state index contributed by atoms with van der Waals surface area (Å²) in [5.41, 5.74) is 6.11. The normalized spacial score (nSPS) is 10.7. The molecular weight excluding hydrogens is 296 g/mol. The second-order valence-electron chi connectivity index (χ2n) is 5.52. The topological polar surface area (TPSA) is 105 Å². The van der Waals surface area contributed by atoms with E-state index in [1.165, 1.54) is 0 Å². The summed E-state index contributed by atoms with van der Waals surface area (Å²) in [6.07, 6.45) is 0. The maximum absolute atomic E-state index is 12.0. The standard InChI is InChI=1S/C16H24N4O3/c1-4-20(9-14(21)18-11(2)3)10-15(22)19-13-7-5-12(6-8-13)16(17)23/h5-8,11H,4,9-10H2,1-3H3,(H2,17,23)(H,18,21)(H,19,22). The van der Waals surface area contributed by atoms with Gasteiger partial charge < -0.3 is 16.4 Å². The Kier molecular flexibility index (Phi) is 7.21. The third kappa shape index (κ3) is 6.92. The molecule has 0 radical (unpaired) electrons. The SMILES string of the molecule is CCN(CC(=O)Nc1ccc(C(N)=O)cc1)CC(=O)NC(C)C. The van der Waals surface area contributed by atoms with Gasteiger partial charge >= 0.3 is 0 Å². The summed E-state index contributed by atoms with van der Waals surface area (Å²) >= 11 is 0. The molecule has 23 heavy (non-hydrogen) atoms. The molecule has 0 saturated carbocycles. The molecule has 3 amide bonds. The molecule has 0 fully saturated rings. The van der Waals surface area contributed by atoms with Crippen molar-refractivity contribution < 1.29 is 14.4 Å². The van der Waals surface area contributed by atoms with E-state index >= 15 is 0 Å². The maximum atomic E-state index is 12.0. The first-order chi connectivity index (χ1) is 10.8. The Morgan fingerprint density at radius 1 is 1.09 bits per heavy atom. The smallest absolute Gasteiger partial charge is 0.248 e. The van der Waals surface area contributed by atoms with Crippen LogP contribution >= 0.6 is 0 Å². The minimum absolute atomic E-state index is 0.0683. The number of hydrogen-bond donors (Lipinski definition) is 3. The highest BCUT2D eigenvalue weighted by Gasteiger charge is 2.14. The molecule has 0 aliphatic rings. The van der Waals surface area contributed by atoms with E-state index in [1.54, 1.807) is 29.2 Å². The minimum Gasteiger partial charge on any atom is -0.366 e. The summed E-state index contributed by atoms with van der Waals surface area (Å²) in [4.78, 5) is 36.5. The lowest BCUT2D eigenvalue weighted by Crippen LogP contribution is -2.42. The third-order valence-corrected chi connectivity index (χ3v) is 3.08. The van der Waals surface area contributed by atoms with Gasteiger partial charge in [0, 0.05) is 17.3 Å². The fourth-order valence-corrected chi connectivity index (χ4v) is 1.97. The molecule has 0 saturated heterocycles. The quantitative estimate of drug-likeness (QED) is 0.651. The molecule has 1 rings (SSSR count). The van der Waals surface area contributed by atoms with Crippen LogP contribution in [0.25, 0.3) is 0 Å². The van der Waals surface area contributed by atoms with Gasteiger partial charge in [0.1, 0.15) is 0 Å². The molecule has 7 nitrogen and oxygen atoms in total. The molecule has 0 aliphatic heterocycles. The van der Waals surface area contributed by atoms with Gasteiger partial charge in [-0.1, -0.05) is 6.92 Å². The number of nitrogens with zero attached hydrogens (tertiary/aromatic N) is 1. The number of nitrogens with two attached hydrogens (primary N) is 1. The zero-order valence-electron chi connectivity index (χ0n) is 13.8. The molecule has 0 aromatic heterocycles. The minimum atomic E-state index is -0.517. The van der Waals surface area contributed by atoms with E-state index in [1.807, 2.05) is 20.8 Å². The van der Waals surface area contributed by atoms with E-state index in [2.05, 4.69) is 10.6 Å². The summed E-state index contributed by atoms with van der Waals surface area (Å²) in [6, 6.07) is 6.38. The zero-order chi connectivity index (χ0) is 17.4. The molecule has 7 heteroatoms. The Hall–Kier alpha value is -2.41. The second-order valence-corrected chi connectivity index (χ2v) is 5.52. The summed E-state index contributed by atoms with van der Waals surface area (Å²) in [5, 5.41) is 5.51. The Bertz CT molecular complexity index is 555. The van der Waals surface area contributed by atoms with Crippen molar-refractivity contribution in [2.24, 2.45) is 5.73 Å². The van der Waals surface area contributed by atoms with Crippen molar-refractivity contribution in [2.75, 3.05) is 25.0 Å². The number of carbonyl (C=O) groups is 3. The average molecular weight is 320 g/mol. The first-order valence-electron chi connectivity index (χ1n) is 7.53. The highest BCUT2D eigenvalue weighted by atomic mass is 16.2. The summed E-state index contributed by atoms with van der Waals surface area (Å²) in [5.74, 6) is -0.854. The van der Waals surface area contributed by atoms with Crippen LogP contribution in [-0.4, -0.2) is 48.3 Å². The van der Waals surface area contributed by atoms with Crippen LogP contribution < -0.4 is 16.4 Å². The molecule has 0 unspecified atom stereocenters. The number of likely N-dealkylation sites (N-methyl/N-ethyl adjacent to an activating group) is 1. The van der Waals surface area contributed by atoms with Crippen LogP contribution in [0.5, 0.6) is 0 Å². The molecule has 0 heterocycles. The van der Waals surface area contributed by atoms with Crippen LogP contribution in [0.1, 0.15) is 31.1 Å². The van der Waals surface area contributed by atoms with Crippen molar-refractivity contribution >= 4 is 23.4 Å². The number of hydrogen-bond acceptors (Lipinski definition) is 4. The van der Waals surface area contributed by atoms with Crippen LogP contribution in [0.15, 0.2) is 24.3 Å². The molecule has 0 atom stereocenters. The average Bonchev–Trinajstić information content (AvgIpc) is 2.46. The van der Waals surface area contributed by atoms with E-state index in [4.69, 9.17) is 5.73 Å². The van der Waals surface area contributed by atoms with Crippen molar-refractivity contribution in [1.82, 2.24) is 10.2 Å². The maximum Gasteiger partial charge on any atom is 0.248 e. The van der Waals surface area contributed by atoms with Gasteiger partial charge in [0.15, 0.2) is 0 Å². The van der Waals surface area contributed by atoms with Gasteiger partial charge in [-0.05, 0) is 44.7 Å².